The minimum Gasteiger partial charge on any atom is -0.149 e. The van der Waals surface area contributed by atoms with Gasteiger partial charge in [-0.25, -0.2) is 0 Å². The Labute approximate surface area is 204 Å². The normalized spacial score (nSPS) is 14.8. The van der Waals surface area contributed by atoms with Crippen molar-refractivity contribution in [1.82, 2.24) is 0 Å². The van der Waals surface area contributed by atoms with Crippen molar-refractivity contribution in [3.05, 3.63) is 89.8 Å². The second kappa shape index (κ2) is 13.6. The molecule has 0 heterocycles. The van der Waals surface area contributed by atoms with E-state index in [2.05, 4.69) is 128 Å². The molecular weight excluding hydrogens is 614 g/mol. The van der Waals surface area contributed by atoms with Gasteiger partial charge in [0.05, 0.1) is 0 Å². The van der Waals surface area contributed by atoms with Crippen molar-refractivity contribution in [2.24, 2.45) is 0 Å². The molecule has 0 saturated heterocycles. The van der Waals surface area contributed by atoms with Crippen molar-refractivity contribution in [3.63, 3.8) is 0 Å². The summed E-state index contributed by atoms with van der Waals surface area (Å²) in [6.45, 7) is 4.63. The second-order valence-corrected chi connectivity index (χ2v) is 11.1. The zero-order chi connectivity index (χ0) is 19.5. The van der Waals surface area contributed by atoms with Gasteiger partial charge in [-0.2, -0.15) is 0 Å². The van der Waals surface area contributed by atoms with E-state index in [-0.39, 0.29) is 0 Å². The van der Waals surface area contributed by atoms with Gasteiger partial charge >= 0.3 is 0 Å². The maximum atomic E-state index is 2.39. The van der Waals surface area contributed by atoms with E-state index in [9.17, 15) is 0 Å². The van der Waals surface area contributed by atoms with Gasteiger partial charge in [0.25, 0.3) is 0 Å². The molecule has 2 atom stereocenters. The van der Waals surface area contributed by atoms with E-state index in [1.807, 2.05) is 35.3 Å². The lowest BCUT2D eigenvalue weighted by Gasteiger charge is -2.20. The number of hydrogen-bond acceptors (Lipinski definition) is 3. The van der Waals surface area contributed by atoms with E-state index in [0.717, 1.165) is 11.5 Å². The summed E-state index contributed by atoms with van der Waals surface area (Å²) in [4.78, 5) is 2.87. The third-order valence-electron chi connectivity index (χ3n) is 3.94. The summed E-state index contributed by atoms with van der Waals surface area (Å²) >= 11 is 10.7. The first-order valence-corrected chi connectivity index (χ1v) is 14.1. The molecule has 2 unspecified atom stereocenters. The highest BCUT2D eigenvalue weighted by atomic mass is 127. The summed E-state index contributed by atoms with van der Waals surface area (Å²) in [7, 11) is 0. The molecule has 2 rings (SSSR count). The molecule has 0 amide bonds. The topological polar surface area (TPSA) is 0 Å². The van der Waals surface area contributed by atoms with E-state index in [4.69, 9.17) is 0 Å². The van der Waals surface area contributed by atoms with Crippen molar-refractivity contribution in [2.75, 3.05) is 0 Å². The molecule has 0 aliphatic carbocycles. The number of thioether (sulfide) groups is 3. The molecular formula is C22H24I2S3. The smallest absolute Gasteiger partial charge is 0.0340 e. The Morgan fingerprint density at radius 3 is 1.44 bits per heavy atom. The van der Waals surface area contributed by atoms with Gasteiger partial charge in [0.15, 0.2) is 0 Å². The average molecular weight is 638 g/mol. The van der Waals surface area contributed by atoms with Crippen LogP contribution in [0.4, 0.5) is 0 Å². The van der Waals surface area contributed by atoms with Crippen LogP contribution >= 0.6 is 80.5 Å². The molecule has 5 heteroatoms. The zero-order valence-electron chi connectivity index (χ0n) is 15.5. The average Bonchev–Trinajstić information content (AvgIpc) is 2.72. The van der Waals surface area contributed by atoms with Crippen molar-refractivity contribution >= 4 is 80.5 Å². The van der Waals surface area contributed by atoms with Gasteiger partial charge in [0, 0.05) is 31.8 Å². The monoisotopic (exact) mass is 638 g/mol. The fourth-order valence-corrected chi connectivity index (χ4v) is 7.73. The van der Waals surface area contributed by atoms with E-state index >= 15 is 0 Å². The van der Waals surface area contributed by atoms with Crippen LogP contribution in [0.15, 0.2) is 78.6 Å². The molecule has 0 fully saturated rings. The van der Waals surface area contributed by atoms with Gasteiger partial charge in [-0.05, 0) is 33.1 Å². The van der Waals surface area contributed by atoms with Crippen molar-refractivity contribution in [2.45, 2.75) is 35.9 Å². The van der Waals surface area contributed by atoms with E-state index in [0.29, 0.717) is 10.5 Å². The van der Waals surface area contributed by atoms with Crippen LogP contribution in [0.3, 0.4) is 0 Å². The number of halogens is 2. The first kappa shape index (κ1) is 23.7. The molecule has 0 radical (unpaired) electrons. The van der Waals surface area contributed by atoms with Gasteiger partial charge in [-0.1, -0.05) is 118 Å². The predicted octanol–water partition coefficient (Wildman–Crippen LogP) is 8.92. The van der Waals surface area contributed by atoms with Gasteiger partial charge in [-0.15, -0.1) is 23.5 Å². The van der Waals surface area contributed by atoms with Crippen LogP contribution in [0.25, 0.3) is 0 Å². The summed E-state index contributed by atoms with van der Waals surface area (Å²) in [6.07, 6.45) is 0. The summed E-state index contributed by atoms with van der Waals surface area (Å²) in [5, 5.41) is 0.981. The molecule has 0 saturated carbocycles. The maximum absolute atomic E-state index is 2.39. The number of benzene rings is 2. The molecule has 144 valence electrons. The van der Waals surface area contributed by atoms with Crippen LogP contribution in [0.1, 0.15) is 25.0 Å². The largest absolute Gasteiger partial charge is 0.149 e. The first-order valence-electron chi connectivity index (χ1n) is 8.73. The molecule has 0 nitrogen and oxygen atoms in total. The third kappa shape index (κ3) is 8.76. The minimum atomic E-state index is 0.491. The Morgan fingerprint density at radius 2 is 1.11 bits per heavy atom. The summed E-state index contributed by atoms with van der Waals surface area (Å²) in [5.41, 5.74) is 2.78. The Bertz CT molecular complexity index is 666. The third-order valence-corrected chi connectivity index (χ3v) is 10.3. The molecule has 0 N–H and O–H groups in total. The van der Waals surface area contributed by atoms with Crippen LogP contribution in [0.2, 0.25) is 0 Å². The fraction of sp³-hybridized carbons (Fsp3) is 0.273. The highest BCUT2D eigenvalue weighted by molar-refractivity contribution is 14.1. The molecule has 0 bridgehead atoms. The van der Waals surface area contributed by atoms with E-state index in [1.165, 1.54) is 20.9 Å². The lowest BCUT2D eigenvalue weighted by molar-refractivity contribution is 1.20. The highest BCUT2D eigenvalue weighted by Crippen LogP contribution is 2.40. The van der Waals surface area contributed by atoms with Crippen LogP contribution in [-0.2, 0) is 11.5 Å². The van der Waals surface area contributed by atoms with E-state index in [1.54, 1.807) is 0 Å². The summed E-state index contributed by atoms with van der Waals surface area (Å²) < 4.78 is 4.50. The summed E-state index contributed by atoms with van der Waals surface area (Å²) in [5.74, 6) is 2.11. The van der Waals surface area contributed by atoms with E-state index < -0.39 is 0 Å². The molecule has 0 aliphatic rings. The molecule has 2 aromatic carbocycles. The van der Waals surface area contributed by atoms with Crippen LogP contribution in [0, 0.1) is 0 Å². The van der Waals surface area contributed by atoms with Gasteiger partial charge in [0.1, 0.15) is 0 Å². The molecule has 2 aromatic rings. The quantitative estimate of drug-likeness (QED) is 0.239. The molecule has 0 aliphatic heterocycles. The molecule has 0 aromatic heterocycles. The SMILES string of the molecule is CC(SCc1ccccc1)C(=CI)SC(=CI)C(C)SCc1ccccc1. The standard InChI is InChI=1S/C22H24I2S3/c1-17(25-15-19-9-5-3-6-10-19)21(13-23)27-22(14-24)18(2)26-16-20-11-7-4-8-12-20/h3-14,17-18H,15-16H2,1-2H3. The van der Waals surface area contributed by atoms with Crippen molar-refractivity contribution in [1.29, 1.82) is 0 Å². The Hall–Kier alpha value is 0.430. The lowest BCUT2D eigenvalue weighted by Crippen LogP contribution is -2.04. The minimum absolute atomic E-state index is 0.491. The Kier molecular flexibility index (Phi) is 12.0. The first-order chi connectivity index (χ1) is 13.1. The Morgan fingerprint density at radius 1 is 0.741 bits per heavy atom. The van der Waals surface area contributed by atoms with Crippen LogP contribution in [-0.4, -0.2) is 10.5 Å². The van der Waals surface area contributed by atoms with Crippen LogP contribution in [0.5, 0.6) is 0 Å². The molecule has 27 heavy (non-hydrogen) atoms. The fourth-order valence-electron chi connectivity index (χ4n) is 2.28. The lowest BCUT2D eigenvalue weighted by atomic mass is 10.2. The maximum Gasteiger partial charge on any atom is 0.0340 e. The second-order valence-electron chi connectivity index (χ2n) is 6.00. The zero-order valence-corrected chi connectivity index (χ0v) is 22.2. The van der Waals surface area contributed by atoms with Crippen molar-refractivity contribution < 1.29 is 0 Å². The highest BCUT2D eigenvalue weighted by Gasteiger charge is 2.16. The van der Waals surface area contributed by atoms with Crippen molar-refractivity contribution in [3.8, 4) is 0 Å². The number of hydrogen-bond donors (Lipinski definition) is 0. The Balaban J connectivity index is 1.88. The number of rotatable bonds is 10. The van der Waals surface area contributed by atoms with Gasteiger partial charge in [-0.3, -0.25) is 0 Å². The summed E-state index contributed by atoms with van der Waals surface area (Å²) in [6, 6.07) is 21.5. The van der Waals surface area contributed by atoms with Gasteiger partial charge in [0.2, 0.25) is 0 Å². The van der Waals surface area contributed by atoms with Crippen LogP contribution < -0.4 is 0 Å². The van der Waals surface area contributed by atoms with Gasteiger partial charge < -0.3 is 0 Å². The predicted molar refractivity (Wildman–Crippen MR) is 146 cm³/mol. The molecule has 0 spiro atoms.